The van der Waals surface area contributed by atoms with Gasteiger partial charge in [0.05, 0.1) is 0 Å². The number of rotatable bonds is 2. The maximum Gasteiger partial charge on any atom is 0.228 e. The molecule has 5 nitrogen and oxygen atoms in total. The van der Waals surface area contributed by atoms with E-state index < -0.39 is 10.0 Å². The lowest BCUT2D eigenvalue weighted by Crippen LogP contribution is -2.55. The van der Waals surface area contributed by atoms with Crippen LogP contribution in [0.1, 0.15) is 19.3 Å². The molecule has 0 radical (unpaired) electrons. The van der Waals surface area contributed by atoms with E-state index in [2.05, 4.69) is 5.32 Å². The van der Waals surface area contributed by atoms with Gasteiger partial charge in [0.2, 0.25) is 15.9 Å². The van der Waals surface area contributed by atoms with E-state index in [1.165, 1.54) is 4.31 Å². The van der Waals surface area contributed by atoms with Crippen LogP contribution in [0.3, 0.4) is 0 Å². The minimum atomic E-state index is -3.30. The van der Waals surface area contributed by atoms with Crippen LogP contribution >= 0.6 is 11.6 Å². The fraction of sp³-hybridized carbons (Fsp3) is 0.889. The normalized spacial score (nSPS) is 31.9. The topological polar surface area (TPSA) is 66.5 Å². The first-order chi connectivity index (χ1) is 7.53. The molecule has 2 aliphatic heterocycles. The van der Waals surface area contributed by atoms with Gasteiger partial charge in [-0.15, -0.1) is 11.6 Å². The summed E-state index contributed by atoms with van der Waals surface area (Å²) in [6, 6.07) is 0.142. The van der Waals surface area contributed by atoms with Crippen molar-refractivity contribution in [2.75, 3.05) is 18.3 Å². The van der Waals surface area contributed by atoms with Gasteiger partial charge >= 0.3 is 0 Å². The summed E-state index contributed by atoms with van der Waals surface area (Å²) in [4.78, 5) is 11.2. The maximum absolute atomic E-state index is 11.6. The van der Waals surface area contributed by atoms with E-state index in [0.29, 0.717) is 25.9 Å². The van der Waals surface area contributed by atoms with E-state index in [0.717, 1.165) is 6.42 Å². The maximum atomic E-state index is 11.6. The smallest absolute Gasteiger partial charge is 0.228 e. The van der Waals surface area contributed by atoms with Crippen molar-refractivity contribution in [3.05, 3.63) is 0 Å². The van der Waals surface area contributed by atoms with E-state index in [1.807, 2.05) is 0 Å². The molecule has 0 aromatic carbocycles. The van der Waals surface area contributed by atoms with Crippen molar-refractivity contribution < 1.29 is 13.2 Å². The van der Waals surface area contributed by atoms with E-state index in [4.69, 9.17) is 11.6 Å². The van der Waals surface area contributed by atoms with Crippen molar-refractivity contribution in [3.8, 4) is 0 Å². The van der Waals surface area contributed by atoms with Gasteiger partial charge in [-0.3, -0.25) is 4.79 Å². The molecule has 0 saturated carbocycles. The third kappa shape index (κ3) is 2.33. The van der Waals surface area contributed by atoms with Gasteiger partial charge < -0.3 is 5.32 Å². The number of hydrogen-bond acceptors (Lipinski definition) is 3. The lowest BCUT2D eigenvalue weighted by Gasteiger charge is -2.40. The number of nitrogens with one attached hydrogen (secondary N) is 1. The summed E-state index contributed by atoms with van der Waals surface area (Å²) in [7, 11) is -3.30. The zero-order valence-corrected chi connectivity index (χ0v) is 10.4. The molecule has 0 aliphatic carbocycles. The highest BCUT2D eigenvalue weighted by atomic mass is 35.5. The Bertz CT molecular complexity index is 384. The Morgan fingerprint density at radius 2 is 2.19 bits per heavy atom. The quantitative estimate of drug-likeness (QED) is 0.722. The SMILES string of the molecule is O=C1CCC2CN(S(=O)(=O)CCl)CCC2N1. The van der Waals surface area contributed by atoms with Crippen molar-refractivity contribution in [3.63, 3.8) is 0 Å². The highest BCUT2D eigenvalue weighted by molar-refractivity contribution is 7.90. The Hall–Kier alpha value is -0.330. The minimum absolute atomic E-state index is 0.0786. The number of alkyl halides is 1. The highest BCUT2D eigenvalue weighted by Gasteiger charge is 2.37. The molecule has 0 aromatic rings. The fourth-order valence-corrected chi connectivity index (χ4v) is 3.75. The molecule has 1 N–H and O–H groups in total. The van der Waals surface area contributed by atoms with Crippen molar-refractivity contribution in [1.29, 1.82) is 0 Å². The summed E-state index contributed by atoms with van der Waals surface area (Å²) in [6.45, 7) is 0.941. The first-order valence-electron chi connectivity index (χ1n) is 5.36. The van der Waals surface area contributed by atoms with Crippen LogP contribution in [0.15, 0.2) is 0 Å². The molecule has 16 heavy (non-hydrogen) atoms. The summed E-state index contributed by atoms with van der Waals surface area (Å²) in [5.74, 6) is 0.319. The van der Waals surface area contributed by atoms with Gasteiger partial charge in [-0.1, -0.05) is 0 Å². The summed E-state index contributed by atoms with van der Waals surface area (Å²) < 4.78 is 24.6. The number of carbonyl (C=O) groups excluding carboxylic acids is 1. The fourth-order valence-electron chi connectivity index (χ4n) is 2.40. The Balaban J connectivity index is 2.04. The number of piperidine rings is 2. The van der Waals surface area contributed by atoms with Gasteiger partial charge in [-0.25, -0.2) is 12.7 Å². The van der Waals surface area contributed by atoms with E-state index >= 15 is 0 Å². The van der Waals surface area contributed by atoms with Crippen molar-refractivity contribution in [2.24, 2.45) is 5.92 Å². The third-order valence-electron chi connectivity index (χ3n) is 3.32. The first-order valence-corrected chi connectivity index (χ1v) is 7.50. The van der Waals surface area contributed by atoms with Gasteiger partial charge in [0, 0.05) is 25.6 Å². The Morgan fingerprint density at radius 3 is 2.88 bits per heavy atom. The molecular weight excluding hydrogens is 252 g/mol. The Kier molecular flexibility index (Phi) is 3.42. The number of amides is 1. The van der Waals surface area contributed by atoms with Crippen molar-refractivity contribution >= 4 is 27.5 Å². The monoisotopic (exact) mass is 266 g/mol. The zero-order chi connectivity index (χ0) is 11.8. The van der Waals surface area contributed by atoms with Crippen molar-refractivity contribution in [2.45, 2.75) is 25.3 Å². The summed E-state index contributed by atoms with van der Waals surface area (Å²) >= 11 is 5.43. The molecule has 2 unspecified atom stereocenters. The molecule has 0 bridgehead atoms. The third-order valence-corrected chi connectivity index (χ3v) is 5.54. The van der Waals surface area contributed by atoms with Crippen molar-refractivity contribution in [1.82, 2.24) is 9.62 Å². The summed E-state index contributed by atoms with van der Waals surface area (Å²) in [5, 5.41) is 2.55. The molecule has 2 aliphatic rings. The van der Waals surface area contributed by atoms with Crippen LogP contribution in [0, 0.1) is 5.92 Å². The average Bonchev–Trinajstić information content (AvgIpc) is 2.28. The summed E-state index contributed by atoms with van der Waals surface area (Å²) in [6.07, 6.45) is 1.95. The van der Waals surface area contributed by atoms with Crippen LogP contribution in [0.5, 0.6) is 0 Å². The van der Waals surface area contributed by atoms with Gasteiger partial charge in [0.15, 0.2) is 0 Å². The number of halogens is 1. The predicted octanol–water partition coefficient (Wildman–Crippen LogP) is 0.113. The molecule has 0 spiro atoms. The Labute approximate surface area is 100 Å². The number of nitrogens with zero attached hydrogens (tertiary/aromatic N) is 1. The highest BCUT2D eigenvalue weighted by Crippen LogP contribution is 2.26. The minimum Gasteiger partial charge on any atom is -0.353 e. The molecule has 2 saturated heterocycles. The standard InChI is InChI=1S/C9H15ClN2O3S/c10-6-16(14,15)12-4-3-8-7(5-12)1-2-9(13)11-8/h7-8H,1-6H2,(H,11,13). The zero-order valence-electron chi connectivity index (χ0n) is 8.86. The molecule has 1 amide bonds. The Morgan fingerprint density at radius 1 is 1.44 bits per heavy atom. The largest absolute Gasteiger partial charge is 0.353 e. The molecule has 0 aromatic heterocycles. The molecule has 7 heteroatoms. The molecule has 2 fully saturated rings. The van der Waals surface area contributed by atoms with Crippen LogP contribution in [-0.4, -0.2) is 43.0 Å². The van der Waals surface area contributed by atoms with Crippen LogP contribution in [0.25, 0.3) is 0 Å². The summed E-state index contributed by atoms with van der Waals surface area (Å²) in [5.41, 5.74) is 0. The lowest BCUT2D eigenvalue weighted by molar-refractivity contribution is -0.124. The van der Waals surface area contributed by atoms with E-state index in [9.17, 15) is 13.2 Å². The van der Waals surface area contributed by atoms with Gasteiger partial charge in [0.1, 0.15) is 5.21 Å². The van der Waals surface area contributed by atoms with Crippen LogP contribution in [-0.2, 0) is 14.8 Å². The second-order valence-electron chi connectivity index (χ2n) is 4.34. The van der Waals surface area contributed by atoms with E-state index in [1.54, 1.807) is 0 Å². The predicted molar refractivity (Wildman–Crippen MR) is 60.5 cm³/mol. The second kappa shape index (κ2) is 4.50. The number of fused-ring (bicyclic) bond motifs is 1. The molecule has 2 rings (SSSR count). The molecule has 92 valence electrons. The lowest BCUT2D eigenvalue weighted by atomic mass is 9.86. The molecule has 2 heterocycles. The molecular formula is C9H15ClN2O3S. The van der Waals surface area contributed by atoms with Crippen LogP contribution in [0.2, 0.25) is 0 Å². The van der Waals surface area contributed by atoms with Gasteiger partial charge in [-0.2, -0.15) is 0 Å². The first kappa shape index (κ1) is 12.1. The average molecular weight is 267 g/mol. The second-order valence-corrected chi connectivity index (χ2v) is 6.89. The van der Waals surface area contributed by atoms with E-state index in [-0.39, 0.29) is 23.1 Å². The van der Waals surface area contributed by atoms with Crippen LogP contribution < -0.4 is 5.32 Å². The number of hydrogen-bond donors (Lipinski definition) is 1. The number of carbonyl (C=O) groups is 1. The van der Waals surface area contributed by atoms with Gasteiger partial charge in [-0.05, 0) is 18.8 Å². The van der Waals surface area contributed by atoms with Gasteiger partial charge in [0.25, 0.3) is 0 Å². The number of sulfonamides is 1. The molecule has 2 atom stereocenters. The van der Waals surface area contributed by atoms with Crippen LogP contribution in [0.4, 0.5) is 0 Å².